The van der Waals surface area contributed by atoms with Crippen molar-refractivity contribution in [3.05, 3.63) is 59.7 Å². The normalized spacial score (nSPS) is 15.3. The number of aliphatic carboxylic acids is 1. The minimum absolute atomic E-state index is 0.0518. The molecule has 7 nitrogen and oxygen atoms in total. The first-order valence-corrected chi connectivity index (χ1v) is 10.8. The molecule has 0 aliphatic heterocycles. The maximum Gasteiger partial charge on any atom is 0.407 e. The van der Waals surface area contributed by atoms with Crippen LogP contribution < -0.4 is 10.6 Å². The lowest BCUT2D eigenvalue weighted by Gasteiger charge is -2.28. The molecule has 7 heteroatoms. The average molecular weight is 439 g/mol. The number of alkyl carbamates (subject to hydrolysis) is 1. The van der Waals surface area contributed by atoms with Gasteiger partial charge in [0.15, 0.2) is 0 Å². The summed E-state index contributed by atoms with van der Waals surface area (Å²) in [5.41, 5.74) is 4.54. The molecule has 0 bridgehead atoms. The van der Waals surface area contributed by atoms with Crippen LogP contribution in [0.5, 0.6) is 0 Å². The fourth-order valence-electron chi connectivity index (χ4n) is 4.39. The predicted molar refractivity (Wildman–Crippen MR) is 121 cm³/mol. The Kier molecular flexibility index (Phi) is 7.18. The van der Waals surface area contributed by atoms with Crippen molar-refractivity contribution < 1.29 is 24.2 Å². The quantitative estimate of drug-likeness (QED) is 0.582. The number of fused-ring (bicyclic) bond motifs is 3. The van der Waals surface area contributed by atoms with E-state index in [1.54, 1.807) is 6.92 Å². The molecule has 2 aromatic carbocycles. The van der Waals surface area contributed by atoms with Gasteiger partial charge in [0.1, 0.15) is 12.6 Å². The number of ether oxygens (including phenoxy) is 1. The van der Waals surface area contributed by atoms with Gasteiger partial charge in [-0.2, -0.15) is 0 Å². The molecule has 0 fully saturated rings. The van der Waals surface area contributed by atoms with E-state index in [-0.39, 0.29) is 18.4 Å². The summed E-state index contributed by atoms with van der Waals surface area (Å²) in [4.78, 5) is 36.2. The van der Waals surface area contributed by atoms with Gasteiger partial charge in [-0.15, -0.1) is 0 Å². The summed E-state index contributed by atoms with van der Waals surface area (Å²) in [7, 11) is 0. The third-order valence-corrected chi connectivity index (χ3v) is 5.98. The molecule has 1 aliphatic rings. The van der Waals surface area contributed by atoms with Gasteiger partial charge in [0.25, 0.3) is 0 Å². The molecule has 3 N–H and O–H groups in total. The Bertz CT molecular complexity index is 958. The SMILES string of the molecule is CC(C)C(C(=O)N[C@@H](C)C(=O)O)C(C)NC(=O)OCC1c2ccccc2-c2ccccc21. The van der Waals surface area contributed by atoms with Crippen LogP contribution in [0.3, 0.4) is 0 Å². The van der Waals surface area contributed by atoms with Gasteiger partial charge in [-0.1, -0.05) is 62.4 Å². The molecule has 2 aromatic rings. The van der Waals surface area contributed by atoms with Crippen molar-refractivity contribution in [2.45, 2.75) is 45.7 Å². The Labute approximate surface area is 188 Å². The van der Waals surface area contributed by atoms with Gasteiger partial charge in [0.05, 0.1) is 5.92 Å². The lowest BCUT2D eigenvalue weighted by atomic mass is 9.88. The maximum atomic E-state index is 12.6. The second kappa shape index (κ2) is 9.85. The highest BCUT2D eigenvalue weighted by atomic mass is 16.5. The van der Waals surface area contributed by atoms with Gasteiger partial charge in [0, 0.05) is 12.0 Å². The molecule has 0 radical (unpaired) electrons. The summed E-state index contributed by atoms with van der Waals surface area (Å²) < 4.78 is 5.56. The third-order valence-electron chi connectivity index (χ3n) is 5.98. The van der Waals surface area contributed by atoms with Gasteiger partial charge >= 0.3 is 12.1 Å². The minimum atomic E-state index is -1.11. The molecule has 0 spiro atoms. The topological polar surface area (TPSA) is 105 Å². The van der Waals surface area contributed by atoms with Crippen molar-refractivity contribution in [3.8, 4) is 11.1 Å². The average Bonchev–Trinajstić information content (AvgIpc) is 3.05. The summed E-state index contributed by atoms with van der Waals surface area (Å²) in [5, 5.41) is 14.3. The van der Waals surface area contributed by atoms with E-state index >= 15 is 0 Å². The van der Waals surface area contributed by atoms with E-state index in [1.807, 2.05) is 50.2 Å². The molecule has 3 atom stereocenters. The number of hydrogen-bond donors (Lipinski definition) is 3. The number of carbonyl (C=O) groups excluding carboxylic acids is 2. The second-order valence-corrected chi connectivity index (χ2v) is 8.60. The fourth-order valence-corrected chi connectivity index (χ4v) is 4.39. The van der Waals surface area contributed by atoms with Crippen LogP contribution in [0.4, 0.5) is 4.79 Å². The van der Waals surface area contributed by atoms with E-state index in [2.05, 4.69) is 22.8 Å². The number of carboxylic acids is 1. The highest BCUT2D eigenvalue weighted by molar-refractivity contribution is 5.85. The molecule has 170 valence electrons. The molecule has 0 aromatic heterocycles. The van der Waals surface area contributed by atoms with Gasteiger partial charge in [0.2, 0.25) is 5.91 Å². The minimum Gasteiger partial charge on any atom is -0.480 e. The Balaban J connectivity index is 1.64. The van der Waals surface area contributed by atoms with Crippen LogP contribution in [-0.2, 0) is 14.3 Å². The first-order chi connectivity index (χ1) is 15.2. The van der Waals surface area contributed by atoms with Gasteiger partial charge < -0.3 is 20.5 Å². The number of rotatable bonds is 8. The van der Waals surface area contributed by atoms with Crippen LogP contribution >= 0.6 is 0 Å². The third kappa shape index (κ3) is 4.93. The number of hydrogen-bond acceptors (Lipinski definition) is 4. The van der Waals surface area contributed by atoms with Crippen molar-refractivity contribution in [1.82, 2.24) is 10.6 Å². The second-order valence-electron chi connectivity index (χ2n) is 8.60. The van der Waals surface area contributed by atoms with E-state index in [0.29, 0.717) is 0 Å². The van der Waals surface area contributed by atoms with E-state index in [1.165, 1.54) is 6.92 Å². The lowest BCUT2D eigenvalue weighted by Crippen LogP contribution is -2.50. The van der Waals surface area contributed by atoms with Gasteiger partial charge in [-0.25, -0.2) is 4.79 Å². The number of carboxylic acid groups (broad SMARTS) is 1. The number of nitrogens with one attached hydrogen (secondary N) is 2. The Morgan fingerprint density at radius 1 is 0.906 bits per heavy atom. The molecular formula is C25H30N2O5. The van der Waals surface area contributed by atoms with Crippen LogP contribution in [-0.4, -0.2) is 41.8 Å². The standard InChI is InChI=1S/C25H30N2O5/c1-14(2)22(23(28)26-16(4)24(29)30)15(3)27-25(31)32-13-21-19-11-7-5-9-17(19)18-10-6-8-12-20(18)21/h5-12,14-16,21-22H,13H2,1-4H3,(H,26,28)(H,27,31)(H,29,30)/t15?,16-,22?/m0/s1. The maximum absolute atomic E-state index is 12.6. The van der Waals surface area contributed by atoms with Crippen molar-refractivity contribution in [2.75, 3.05) is 6.61 Å². The zero-order valence-corrected chi connectivity index (χ0v) is 18.8. The zero-order chi connectivity index (χ0) is 23.4. The monoisotopic (exact) mass is 438 g/mol. The smallest absolute Gasteiger partial charge is 0.407 e. The van der Waals surface area contributed by atoms with Crippen molar-refractivity contribution in [2.24, 2.45) is 11.8 Å². The summed E-state index contributed by atoms with van der Waals surface area (Å²) in [6, 6.07) is 14.6. The van der Waals surface area contributed by atoms with Crippen LogP contribution in [0.1, 0.15) is 44.7 Å². The molecule has 1 aliphatic carbocycles. The van der Waals surface area contributed by atoms with E-state index in [9.17, 15) is 14.4 Å². The highest BCUT2D eigenvalue weighted by Crippen LogP contribution is 2.44. The molecule has 0 saturated carbocycles. The number of benzene rings is 2. The van der Waals surface area contributed by atoms with Crippen LogP contribution in [0.15, 0.2) is 48.5 Å². The number of carbonyl (C=O) groups is 3. The largest absolute Gasteiger partial charge is 0.480 e. The Morgan fingerprint density at radius 2 is 1.44 bits per heavy atom. The molecule has 32 heavy (non-hydrogen) atoms. The van der Waals surface area contributed by atoms with E-state index in [4.69, 9.17) is 9.84 Å². The number of amides is 2. The lowest BCUT2D eigenvalue weighted by molar-refractivity contribution is -0.142. The van der Waals surface area contributed by atoms with E-state index < -0.39 is 36.0 Å². The highest BCUT2D eigenvalue weighted by Gasteiger charge is 2.32. The van der Waals surface area contributed by atoms with Gasteiger partial charge in [-0.05, 0) is 42.0 Å². The molecule has 2 unspecified atom stereocenters. The molecular weight excluding hydrogens is 408 g/mol. The summed E-state index contributed by atoms with van der Waals surface area (Å²) in [6.45, 7) is 7.01. The first-order valence-electron chi connectivity index (χ1n) is 10.8. The summed E-state index contributed by atoms with van der Waals surface area (Å²) in [6.07, 6.45) is -0.607. The zero-order valence-electron chi connectivity index (χ0n) is 18.8. The van der Waals surface area contributed by atoms with Crippen LogP contribution in [0, 0.1) is 11.8 Å². The molecule has 0 heterocycles. The van der Waals surface area contributed by atoms with Crippen molar-refractivity contribution >= 4 is 18.0 Å². The molecule has 3 rings (SSSR count). The van der Waals surface area contributed by atoms with Crippen LogP contribution in [0.25, 0.3) is 11.1 Å². The van der Waals surface area contributed by atoms with Gasteiger partial charge in [-0.3, -0.25) is 9.59 Å². The molecule has 2 amide bonds. The van der Waals surface area contributed by atoms with Crippen molar-refractivity contribution in [1.29, 1.82) is 0 Å². The summed E-state index contributed by atoms with van der Waals surface area (Å²) in [5.74, 6) is -2.29. The van der Waals surface area contributed by atoms with Crippen LogP contribution in [0.2, 0.25) is 0 Å². The first kappa shape index (κ1) is 23.3. The molecule has 0 saturated heterocycles. The Hall–Kier alpha value is -3.35. The van der Waals surface area contributed by atoms with E-state index in [0.717, 1.165) is 22.3 Å². The summed E-state index contributed by atoms with van der Waals surface area (Å²) >= 11 is 0. The van der Waals surface area contributed by atoms with Crippen molar-refractivity contribution in [3.63, 3.8) is 0 Å². The fraction of sp³-hybridized carbons (Fsp3) is 0.400. The predicted octanol–water partition coefficient (Wildman–Crippen LogP) is 3.78. The Morgan fingerprint density at radius 3 is 1.94 bits per heavy atom.